The van der Waals surface area contributed by atoms with Crippen LogP contribution >= 0.6 is 0 Å². The molecule has 0 aliphatic carbocycles. The molecule has 0 bridgehead atoms. The van der Waals surface area contributed by atoms with Crippen molar-refractivity contribution in [2.45, 2.75) is 26.1 Å². The summed E-state index contributed by atoms with van der Waals surface area (Å²) in [4.78, 5) is 10.8. The molecule has 1 unspecified atom stereocenters. The minimum atomic E-state index is -0.444. The van der Waals surface area contributed by atoms with Gasteiger partial charge in [0.25, 0.3) is 0 Å². The van der Waals surface area contributed by atoms with Crippen LogP contribution in [0.5, 0.6) is 0 Å². The molecule has 2 heterocycles. The monoisotopic (exact) mass is 293 g/mol. The molecule has 0 aliphatic rings. The maximum absolute atomic E-state index is 10.8. The van der Waals surface area contributed by atoms with Gasteiger partial charge in [-0.15, -0.1) is 0 Å². The van der Waals surface area contributed by atoms with Crippen LogP contribution in [0.2, 0.25) is 0 Å². The summed E-state index contributed by atoms with van der Waals surface area (Å²) < 4.78 is 8.71. The van der Waals surface area contributed by atoms with E-state index in [4.69, 9.17) is 10.5 Å². The van der Waals surface area contributed by atoms with E-state index in [1.54, 1.807) is 23.3 Å². The molecule has 0 aliphatic heterocycles. The van der Waals surface area contributed by atoms with Crippen LogP contribution in [-0.4, -0.2) is 43.8 Å². The molecule has 8 heteroatoms. The van der Waals surface area contributed by atoms with Gasteiger partial charge in [0.05, 0.1) is 38.3 Å². The topological polar surface area (TPSA) is 108 Å². The van der Waals surface area contributed by atoms with Crippen molar-refractivity contribution in [2.24, 2.45) is 5.73 Å². The molecule has 0 radical (unpaired) electrons. The third kappa shape index (κ3) is 4.40. The third-order valence-electron chi connectivity index (χ3n) is 2.90. The number of nitrogens with two attached hydrogens (primary N) is 1. The first-order chi connectivity index (χ1) is 10.1. The number of aliphatic hydroxyl groups is 1. The number of aliphatic hydroxyl groups excluding tert-OH is 1. The Morgan fingerprint density at radius 2 is 2.24 bits per heavy atom. The van der Waals surface area contributed by atoms with Crippen molar-refractivity contribution in [1.29, 1.82) is 0 Å². The van der Waals surface area contributed by atoms with Gasteiger partial charge in [-0.25, -0.2) is 0 Å². The predicted octanol–water partition coefficient (Wildman–Crippen LogP) is -0.376. The molecule has 21 heavy (non-hydrogen) atoms. The molecular weight excluding hydrogens is 274 g/mol. The van der Waals surface area contributed by atoms with E-state index >= 15 is 0 Å². The molecule has 3 N–H and O–H groups in total. The second-order valence-corrected chi connectivity index (χ2v) is 4.86. The number of carbonyl (C=O) groups is 1. The number of hydrogen-bond donors (Lipinski definition) is 2. The van der Waals surface area contributed by atoms with Gasteiger partial charge in [0, 0.05) is 18.0 Å². The smallest absolute Gasteiger partial charge is 0.239 e. The first-order valence-electron chi connectivity index (χ1n) is 6.57. The molecule has 1 atom stereocenters. The highest BCUT2D eigenvalue weighted by Crippen LogP contribution is 2.09. The highest BCUT2D eigenvalue weighted by atomic mass is 16.5. The Morgan fingerprint density at radius 3 is 2.86 bits per heavy atom. The number of hydrogen-bond acceptors (Lipinski definition) is 5. The summed E-state index contributed by atoms with van der Waals surface area (Å²) in [6.07, 6.45) is 6.91. The normalized spacial score (nSPS) is 12.5. The van der Waals surface area contributed by atoms with Crippen LogP contribution in [0.15, 0.2) is 24.8 Å². The van der Waals surface area contributed by atoms with Gasteiger partial charge < -0.3 is 15.6 Å². The van der Waals surface area contributed by atoms with E-state index in [1.165, 1.54) is 4.68 Å². The summed E-state index contributed by atoms with van der Waals surface area (Å²) in [5, 5.41) is 17.5. The molecule has 2 rings (SSSR count). The predicted molar refractivity (Wildman–Crippen MR) is 74.2 cm³/mol. The van der Waals surface area contributed by atoms with Gasteiger partial charge in [-0.3, -0.25) is 14.2 Å². The first kappa shape index (κ1) is 15.2. The van der Waals surface area contributed by atoms with Crippen LogP contribution in [0.3, 0.4) is 0 Å². The zero-order chi connectivity index (χ0) is 15.2. The zero-order valence-electron chi connectivity index (χ0n) is 11.8. The SMILES string of the molecule is Cc1cnn(C(CO)COCc2cnn(CC(N)=O)c2)c1. The van der Waals surface area contributed by atoms with Crippen molar-refractivity contribution in [3.63, 3.8) is 0 Å². The average Bonchev–Trinajstić information content (AvgIpc) is 3.03. The van der Waals surface area contributed by atoms with Gasteiger partial charge in [-0.2, -0.15) is 10.2 Å². The Hall–Kier alpha value is -2.19. The maximum atomic E-state index is 10.8. The molecule has 1 amide bonds. The number of carbonyl (C=O) groups excluding carboxylic acids is 1. The lowest BCUT2D eigenvalue weighted by Gasteiger charge is -2.14. The molecule has 0 aromatic carbocycles. The van der Waals surface area contributed by atoms with Crippen molar-refractivity contribution in [2.75, 3.05) is 13.2 Å². The van der Waals surface area contributed by atoms with E-state index in [2.05, 4.69) is 10.2 Å². The second-order valence-electron chi connectivity index (χ2n) is 4.86. The molecule has 0 spiro atoms. The maximum Gasteiger partial charge on any atom is 0.239 e. The summed E-state index contributed by atoms with van der Waals surface area (Å²) in [6.45, 7) is 2.61. The number of amides is 1. The van der Waals surface area contributed by atoms with Gasteiger partial charge in [0.2, 0.25) is 5.91 Å². The lowest BCUT2D eigenvalue weighted by molar-refractivity contribution is -0.118. The van der Waals surface area contributed by atoms with E-state index in [-0.39, 0.29) is 19.2 Å². The van der Waals surface area contributed by atoms with E-state index < -0.39 is 5.91 Å². The van der Waals surface area contributed by atoms with Crippen LogP contribution in [0.4, 0.5) is 0 Å². The van der Waals surface area contributed by atoms with Crippen molar-refractivity contribution in [3.8, 4) is 0 Å². The van der Waals surface area contributed by atoms with E-state index in [0.29, 0.717) is 13.2 Å². The van der Waals surface area contributed by atoms with E-state index in [9.17, 15) is 9.90 Å². The molecular formula is C13H19N5O3. The summed E-state index contributed by atoms with van der Waals surface area (Å²) >= 11 is 0. The fraction of sp³-hybridized carbons (Fsp3) is 0.462. The number of nitrogens with zero attached hydrogens (tertiary/aromatic N) is 4. The fourth-order valence-corrected chi connectivity index (χ4v) is 1.89. The second kappa shape index (κ2) is 7.00. The standard InChI is InChI=1S/C13H19N5O3/c1-10-2-16-18(4-10)12(7-19)9-21-8-11-3-15-17(5-11)6-13(14)20/h2-5,12,19H,6-9H2,1H3,(H2,14,20). The van der Waals surface area contributed by atoms with Gasteiger partial charge in [-0.1, -0.05) is 0 Å². The average molecular weight is 293 g/mol. The summed E-state index contributed by atoms with van der Waals surface area (Å²) in [7, 11) is 0. The Bertz CT molecular complexity index is 592. The fourth-order valence-electron chi connectivity index (χ4n) is 1.89. The molecule has 8 nitrogen and oxygen atoms in total. The Morgan fingerprint density at radius 1 is 1.43 bits per heavy atom. The zero-order valence-corrected chi connectivity index (χ0v) is 11.8. The number of ether oxygens (including phenoxy) is 1. The third-order valence-corrected chi connectivity index (χ3v) is 2.90. The highest BCUT2D eigenvalue weighted by Gasteiger charge is 2.11. The number of aromatic nitrogens is 4. The summed E-state index contributed by atoms with van der Waals surface area (Å²) in [5.74, 6) is -0.444. The molecule has 114 valence electrons. The number of aryl methyl sites for hydroxylation is 1. The largest absolute Gasteiger partial charge is 0.394 e. The van der Waals surface area contributed by atoms with Crippen molar-refractivity contribution >= 4 is 5.91 Å². The Kier molecular flexibility index (Phi) is 5.07. The van der Waals surface area contributed by atoms with Gasteiger partial charge in [-0.05, 0) is 12.5 Å². The number of rotatable bonds is 8. The van der Waals surface area contributed by atoms with Crippen LogP contribution in [0.25, 0.3) is 0 Å². The minimum absolute atomic E-state index is 0.0474. The van der Waals surface area contributed by atoms with Crippen LogP contribution in [0.1, 0.15) is 17.2 Å². The van der Waals surface area contributed by atoms with Gasteiger partial charge in [0.1, 0.15) is 6.54 Å². The van der Waals surface area contributed by atoms with Crippen molar-refractivity contribution in [1.82, 2.24) is 19.6 Å². The number of primary amides is 1. The van der Waals surface area contributed by atoms with Crippen LogP contribution in [0, 0.1) is 6.92 Å². The first-order valence-corrected chi connectivity index (χ1v) is 6.57. The van der Waals surface area contributed by atoms with E-state index in [0.717, 1.165) is 11.1 Å². The Balaban J connectivity index is 1.82. The molecule has 0 saturated carbocycles. The van der Waals surface area contributed by atoms with Gasteiger partial charge >= 0.3 is 0 Å². The minimum Gasteiger partial charge on any atom is -0.394 e. The van der Waals surface area contributed by atoms with Crippen LogP contribution < -0.4 is 5.73 Å². The summed E-state index contributed by atoms with van der Waals surface area (Å²) in [5.41, 5.74) is 6.96. The Labute approximate surface area is 122 Å². The summed E-state index contributed by atoms with van der Waals surface area (Å²) in [6, 6.07) is -0.223. The van der Waals surface area contributed by atoms with E-state index in [1.807, 2.05) is 13.1 Å². The lowest BCUT2D eigenvalue weighted by Crippen LogP contribution is -2.19. The molecule has 0 fully saturated rings. The molecule has 0 saturated heterocycles. The molecule has 2 aromatic heterocycles. The highest BCUT2D eigenvalue weighted by molar-refractivity contribution is 5.73. The van der Waals surface area contributed by atoms with Crippen molar-refractivity contribution in [3.05, 3.63) is 35.9 Å². The molecule has 2 aromatic rings. The van der Waals surface area contributed by atoms with Gasteiger partial charge in [0.15, 0.2) is 0 Å². The lowest BCUT2D eigenvalue weighted by atomic mass is 10.3. The van der Waals surface area contributed by atoms with Crippen molar-refractivity contribution < 1.29 is 14.6 Å². The quantitative estimate of drug-likeness (QED) is 0.690. The van der Waals surface area contributed by atoms with Crippen LogP contribution in [-0.2, 0) is 22.7 Å².